The smallest absolute Gasteiger partial charge is 0.0317 e. The molecule has 0 spiro atoms. The Balaban J connectivity index is 0.00000162. The highest BCUT2D eigenvalue weighted by Crippen LogP contribution is 2.21. The average molecular weight is 269 g/mol. The highest BCUT2D eigenvalue weighted by molar-refractivity contribution is 5.85. The summed E-state index contributed by atoms with van der Waals surface area (Å²) in [6.45, 7) is 4.61. The number of nitrogen functional groups attached to an aromatic ring is 1. The van der Waals surface area contributed by atoms with Crippen LogP contribution in [0.15, 0.2) is 24.3 Å². The van der Waals surface area contributed by atoms with Crippen LogP contribution in [-0.4, -0.2) is 17.5 Å². The highest BCUT2D eigenvalue weighted by Gasteiger charge is 2.19. The Hall–Kier alpha value is -0.730. The lowest BCUT2D eigenvalue weighted by atomic mass is 10.1. The number of nitrogens with zero attached hydrogens (tertiary/aromatic N) is 1. The second-order valence-electron chi connectivity index (χ2n) is 5.13. The third-order valence-electron chi connectivity index (χ3n) is 3.81. The van der Waals surface area contributed by atoms with Gasteiger partial charge in [-0.15, -0.1) is 12.4 Å². The molecule has 2 N–H and O–H groups in total. The van der Waals surface area contributed by atoms with E-state index in [0.717, 1.165) is 18.3 Å². The molecule has 18 heavy (non-hydrogen) atoms. The first-order valence-corrected chi connectivity index (χ1v) is 6.88. The van der Waals surface area contributed by atoms with Crippen LogP contribution in [0.1, 0.15) is 44.6 Å². The monoisotopic (exact) mass is 268 g/mol. The molecule has 0 amide bonds. The first kappa shape index (κ1) is 15.3. The Bertz CT molecular complexity index is 354. The van der Waals surface area contributed by atoms with Crippen LogP contribution in [0.2, 0.25) is 0 Å². The topological polar surface area (TPSA) is 29.3 Å². The summed E-state index contributed by atoms with van der Waals surface area (Å²) in [6.07, 6.45) is 6.76. The molecule has 1 atom stereocenters. The fourth-order valence-corrected chi connectivity index (χ4v) is 2.83. The molecule has 1 fully saturated rings. The zero-order valence-electron chi connectivity index (χ0n) is 11.3. The molecule has 0 saturated carbocycles. The molecule has 0 bridgehead atoms. The Kier molecular flexibility index (Phi) is 6.51. The van der Waals surface area contributed by atoms with Gasteiger partial charge in [0, 0.05) is 18.3 Å². The maximum Gasteiger partial charge on any atom is 0.0317 e. The van der Waals surface area contributed by atoms with Crippen LogP contribution in [0.5, 0.6) is 0 Å². The van der Waals surface area contributed by atoms with E-state index in [1.807, 2.05) is 6.07 Å². The van der Waals surface area contributed by atoms with Crippen LogP contribution in [0.3, 0.4) is 0 Å². The molecule has 1 heterocycles. The molecule has 1 aromatic carbocycles. The number of hydrogen-bond acceptors (Lipinski definition) is 2. The highest BCUT2D eigenvalue weighted by atomic mass is 35.5. The standard InChI is InChI=1S/C15H24N2.ClH/c1-2-15-9-4-3-5-10-17(15)12-13-7-6-8-14(16)11-13;/h6-8,11,15H,2-5,9-10,12,16H2,1H3;1H. The summed E-state index contributed by atoms with van der Waals surface area (Å²) in [5.41, 5.74) is 8.08. The van der Waals surface area contributed by atoms with Crippen molar-refractivity contribution >= 4 is 18.1 Å². The van der Waals surface area contributed by atoms with E-state index in [9.17, 15) is 0 Å². The number of hydrogen-bond donors (Lipinski definition) is 1. The zero-order valence-corrected chi connectivity index (χ0v) is 12.1. The summed E-state index contributed by atoms with van der Waals surface area (Å²) in [4.78, 5) is 2.64. The van der Waals surface area contributed by atoms with E-state index in [0.29, 0.717) is 0 Å². The average Bonchev–Trinajstić information content (AvgIpc) is 2.54. The molecule has 2 nitrogen and oxygen atoms in total. The van der Waals surface area contributed by atoms with Crippen molar-refractivity contribution in [3.05, 3.63) is 29.8 Å². The SMILES string of the molecule is CCC1CCCCCN1Cc1cccc(N)c1.Cl. The minimum Gasteiger partial charge on any atom is -0.399 e. The lowest BCUT2D eigenvalue weighted by molar-refractivity contribution is 0.186. The van der Waals surface area contributed by atoms with Gasteiger partial charge in [-0.1, -0.05) is 31.9 Å². The fourth-order valence-electron chi connectivity index (χ4n) is 2.83. The summed E-state index contributed by atoms with van der Waals surface area (Å²) in [5, 5.41) is 0. The normalized spacial score (nSPS) is 21.1. The summed E-state index contributed by atoms with van der Waals surface area (Å²) in [5.74, 6) is 0. The largest absolute Gasteiger partial charge is 0.399 e. The van der Waals surface area contributed by atoms with E-state index < -0.39 is 0 Å². The van der Waals surface area contributed by atoms with Gasteiger partial charge >= 0.3 is 0 Å². The van der Waals surface area contributed by atoms with Gasteiger partial charge in [-0.2, -0.15) is 0 Å². The number of halogens is 1. The molecule has 2 rings (SSSR count). The van der Waals surface area contributed by atoms with E-state index in [-0.39, 0.29) is 12.4 Å². The Morgan fingerprint density at radius 3 is 2.83 bits per heavy atom. The van der Waals surface area contributed by atoms with Crippen LogP contribution >= 0.6 is 12.4 Å². The first-order valence-electron chi connectivity index (χ1n) is 6.88. The van der Waals surface area contributed by atoms with Gasteiger partial charge in [0.1, 0.15) is 0 Å². The van der Waals surface area contributed by atoms with E-state index in [2.05, 4.69) is 30.0 Å². The first-order chi connectivity index (χ1) is 8.29. The van der Waals surface area contributed by atoms with Gasteiger partial charge in [-0.3, -0.25) is 4.90 Å². The van der Waals surface area contributed by atoms with Gasteiger partial charge in [0.05, 0.1) is 0 Å². The van der Waals surface area contributed by atoms with Gasteiger partial charge in [0.25, 0.3) is 0 Å². The van der Waals surface area contributed by atoms with Gasteiger partial charge in [0.2, 0.25) is 0 Å². The molecular formula is C15H25ClN2. The Morgan fingerprint density at radius 2 is 2.11 bits per heavy atom. The van der Waals surface area contributed by atoms with Gasteiger partial charge < -0.3 is 5.73 Å². The van der Waals surface area contributed by atoms with Crippen LogP contribution < -0.4 is 5.73 Å². The molecule has 1 saturated heterocycles. The predicted octanol–water partition coefficient (Wildman–Crippen LogP) is 3.85. The summed E-state index contributed by atoms with van der Waals surface area (Å²) in [6, 6.07) is 9.08. The molecule has 0 aromatic heterocycles. The van der Waals surface area contributed by atoms with E-state index in [1.54, 1.807) is 0 Å². The van der Waals surface area contributed by atoms with Gasteiger partial charge in [-0.05, 0) is 43.5 Å². The minimum absolute atomic E-state index is 0. The van der Waals surface area contributed by atoms with E-state index in [4.69, 9.17) is 5.73 Å². The third kappa shape index (κ3) is 4.18. The fraction of sp³-hybridized carbons (Fsp3) is 0.600. The maximum atomic E-state index is 5.84. The minimum atomic E-state index is 0. The number of rotatable bonds is 3. The van der Waals surface area contributed by atoms with Crippen LogP contribution in [-0.2, 0) is 6.54 Å². The second kappa shape index (κ2) is 7.65. The zero-order chi connectivity index (χ0) is 12.1. The van der Waals surface area contributed by atoms with Crippen molar-refractivity contribution in [2.75, 3.05) is 12.3 Å². The summed E-state index contributed by atoms with van der Waals surface area (Å²) in [7, 11) is 0. The molecule has 1 aromatic rings. The number of likely N-dealkylation sites (tertiary alicyclic amines) is 1. The van der Waals surface area contributed by atoms with Crippen LogP contribution in [0.4, 0.5) is 5.69 Å². The Morgan fingerprint density at radius 1 is 1.28 bits per heavy atom. The third-order valence-corrected chi connectivity index (χ3v) is 3.81. The molecule has 1 aliphatic rings. The van der Waals surface area contributed by atoms with Crippen LogP contribution in [0.25, 0.3) is 0 Å². The lowest BCUT2D eigenvalue weighted by Crippen LogP contribution is -2.33. The maximum absolute atomic E-state index is 5.84. The van der Waals surface area contributed by atoms with Crippen molar-refractivity contribution in [1.82, 2.24) is 4.90 Å². The lowest BCUT2D eigenvalue weighted by Gasteiger charge is -2.29. The number of benzene rings is 1. The van der Waals surface area contributed by atoms with Crippen molar-refractivity contribution in [2.24, 2.45) is 0 Å². The predicted molar refractivity (Wildman–Crippen MR) is 81.1 cm³/mol. The molecule has 3 heteroatoms. The molecule has 102 valence electrons. The summed E-state index contributed by atoms with van der Waals surface area (Å²) >= 11 is 0. The molecular weight excluding hydrogens is 244 g/mol. The Labute approximate surface area is 117 Å². The number of nitrogens with two attached hydrogens (primary N) is 1. The molecule has 1 aliphatic heterocycles. The number of anilines is 1. The van der Waals surface area contributed by atoms with Crippen molar-refractivity contribution in [1.29, 1.82) is 0 Å². The second-order valence-corrected chi connectivity index (χ2v) is 5.13. The quantitative estimate of drug-likeness (QED) is 0.844. The van der Waals surface area contributed by atoms with E-state index in [1.165, 1.54) is 44.2 Å². The van der Waals surface area contributed by atoms with Crippen molar-refractivity contribution in [3.8, 4) is 0 Å². The van der Waals surface area contributed by atoms with Crippen LogP contribution in [0, 0.1) is 0 Å². The molecule has 0 aliphatic carbocycles. The van der Waals surface area contributed by atoms with Crippen molar-refractivity contribution in [2.45, 2.75) is 51.6 Å². The van der Waals surface area contributed by atoms with Crippen molar-refractivity contribution in [3.63, 3.8) is 0 Å². The van der Waals surface area contributed by atoms with Gasteiger partial charge in [0.15, 0.2) is 0 Å². The van der Waals surface area contributed by atoms with Gasteiger partial charge in [-0.25, -0.2) is 0 Å². The molecule has 0 radical (unpaired) electrons. The van der Waals surface area contributed by atoms with Crippen molar-refractivity contribution < 1.29 is 0 Å². The molecule has 1 unspecified atom stereocenters. The van der Waals surface area contributed by atoms with E-state index >= 15 is 0 Å². The summed E-state index contributed by atoms with van der Waals surface area (Å²) < 4.78 is 0.